The van der Waals surface area contributed by atoms with Gasteiger partial charge in [-0.2, -0.15) is 0 Å². The Labute approximate surface area is 171 Å². The molecule has 5 heteroatoms. The normalized spacial score (nSPS) is 29.8. The van der Waals surface area contributed by atoms with Crippen molar-refractivity contribution in [2.45, 2.75) is 57.1 Å². The lowest BCUT2D eigenvalue weighted by Crippen LogP contribution is -2.47. The molecule has 0 bridgehead atoms. The molecule has 29 heavy (non-hydrogen) atoms. The smallest absolute Gasteiger partial charge is 0.222 e. The SMILES string of the molecule is O=C(CC1CC1)N1CCC2(CC[C@@H]([C@H]3c4ccccc4-c4cncn43)[C@H]2O)CC1. The van der Waals surface area contributed by atoms with E-state index in [1.54, 1.807) is 0 Å². The third kappa shape index (κ3) is 2.70. The molecule has 152 valence electrons. The van der Waals surface area contributed by atoms with Gasteiger partial charge in [-0.25, -0.2) is 4.98 Å². The van der Waals surface area contributed by atoms with Crippen LogP contribution in [0.3, 0.4) is 0 Å². The fourth-order valence-corrected chi connectivity index (χ4v) is 6.30. The highest BCUT2D eigenvalue weighted by molar-refractivity contribution is 5.76. The van der Waals surface area contributed by atoms with E-state index in [1.807, 2.05) is 12.5 Å². The minimum absolute atomic E-state index is 0.0285. The number of likely N-dealkylation sites (tertiary alicyclic amines) is 1. The van der Waals surface area contributed by atoms with Crippen LogP contribution in [0.1, 0.15) is 56.6 Å². The number of carbonyl (C=O) groups excluding carboxylic acids is 1. The van der Waals surface area contributed by atoms with E-state index in [-0.39, 0.29) is 23.5 Å². The number of aliphatic hydroxyl groups is 1. The van der Waals surface area contributed by atoms with Crippen molar-refractivity contribution in [1.82, 2.24) is 14.5 Å². The average molecular weight is 392 g/mol. The van der Waals surface area contributed by atoms with Gasteiger partial charge in [0, 0.05) is 36.4 Å². The van der Waals surface area contributed by atoms with Crippen LogP contribution in [0, 0.1) is 17.3 Å². The number of imidazole rings is 1. The quantitative estimate of drug-likeness (QED) is 0.869. The second-order valence-corrected chi connectivity index (χ2v) is 9.76. The maximum Gasteiger partial charge on any atom is 0.222 e. The van der Waals surface area contributed by atoms with E-state index in [4.69, 9.17) is 0 Å². The maximum atomic E-state index is 12.5. The third-order valence-electron chi connectivity index (χ3n) is 8.21. The molecule has 1 aromatic heterocycles. The lowest BCUT2D eigenvalue weighted by atomic mass is 9.73. The van der Waals surface area contributed by atoms with Crippen LogP contribution in [-0.4, -0.2) is 44.7 Å². The number of hydrogen-bond acceptors (Lipinski definition) is 3. The number of piperidine rings is 1. The van der Waals surface area contributed by atoms with E-state index in [0.29, 0.717) is 11.8 Å². The Morgan fingerprint density at radius 3 is 2.72 bits per heavy atom. The first-order valence-corrected chi connectivity index (χ1v) is 11.2. The van der Waals surface area contributed by atoms with Crippen molar-refractivity contribution in [3.8, 4) is 11.3 Å². The number of benzene rings is 1. The predicted molar refractivity (Wildman–Crippen MR) is 110 cm³/mol. The van der Waals surface area contributed by atoms with Gasteiger partial charge < -0.3 is 14.6 Å². The summed E-state index contributed by atoms with van der Waals surface area (Å²) in [7, 11) is 0. The molecule has 1 aromatic carbocycles. The first kappa shape index (κ1) is 17.7. The molecule has 6 rings (SSSR count). The second kappa shape index (κ2) is 6.43. The van der Waals surface area contributed by atoms with Crippen LogP contribution < -0.4 is 0 Å². The molecule has 2 aromatic rings. The maximum absolute atomic E-state index is 12.5. The number of aliphatic hydroxyl groups excluding tert-OH is 1. The number of amides is 1. The van der Waals surface area contributed by atoms with Crippen molar-refractivity contribution >= 4 is 5.91 Å². The van der Waals surface area contributed by atoms with Crippen LogP contribution in [0.5, 0.6) is 0 Å². The number of fused-ring (bicyclic) bond motifs is 3. The summed E-state index contributed by atoms with van der Waals surface area (Å²) in [5, 5.41) is 11.6. The van der Waals surface area contributed by atoms with Crippen molar-refractivity contribution in [1.29, 1.82) is 0 Å². The topological polar surface area (TPSA) is 58.4 Å². The van der Waals surface area contributed by atoms with Gasteiger partial charge in [-0.05, 0) is 50.0 Å². The molecule has 2 aliphatic carbocycles. The summed E-state index contributed by atoms with van der Waals surface area (Å²) >= 11 is 0. The molecule has 5 nitrogen and oxygen atoms in total. The summed E-state index contributed by atoms with van der Waals surface area (Å²) in [5.41, 5.74) is 3.71. The van der Waals surface area contributed by atoms with Gasteiger partial charge in [0.15, 0.2) is 0 Å². The number of rotatable bonds is 3. The summed E-state index contributed by atoms with van der Waals surface area (Å²) in [6.45, 7) is 1.62. The van der Waals surface area contributed by atoms with Gasteiger partial charge in [0.05, 0.1) is 30.4 Å². The second-order valence-electron chi connectivity index (χ2n) is 9.76. The van der Waals surface area contributed by atoms with Crippen LogP contribution in [0.25, 0.3) is 11.3 Å². The van der Waals surface area contributed by atoms with E-state index >= 15 is 0 Å². The molecule has 3 heterocycles. The summed E-state index contributed by atoms with van der Waals surface area (Å²) in [5.74, 6) is 1.19. The Balaban J connectivity index is 1.22. The lowest BCUT2D eigenvalue weighted by molar-refractivity contribution is -0.135. The fraction of sp³-hybridized carbons (Fsp3) is 0.583. The van der Waals surface area contributed by atoms with E-state index in [1.165, 1.54) is 29.7 Å². The Morgan fingerprint density at radius 2 is 1.93 bits per heavy atom. The zero-order valence-electron chi connectivity index (χ0n) is 16.8. The molecule has 0 unspecified atom stereocenters. The highest BCUT2D eigenvalue weighted by atomic mass is 16.3. The first-order valence-electron chi connectivity index (χ1n) is 11.2. The fourth-order valence-electron chi connectivity index (χ4n) is 6.30. The standard InChI is InChI=1S/C24H29N3O2/c28-21(13-16-5-6-16)26-11-9-24(10-12-26)8-7-19(23(24)29)22-18-4-2-1-3-17(18)20-14-25-15-27(20)22/h1-4,14-16,19,22-23,29H,5-13H2/t19-,22+,23+/m0/s1. The van der Waals surface area contributed by atoms with Gasteiger partial charge >= 0.3 is 0 Å². The lowest BCUT2D eigenvalue weighted by Gasteiger charge is -2.43. The van der Waals surface area contributed by atoms with Gasteiger partial charge in [-0.1, -0.05) is 24.3 Å². The van der Waals surface area contributed by atoms with E-state index in [0.717, 1.165) is 45.2 Å². The average Bonchev–Trinajstić information content (AvgIpc) is 3.21. The Bertz CT molecular complexity index is 939. The first-order chi connectivity index (χ1) is 14.2. The number of nitrogens with zero attached hydrogens (tertiary/aromatic N) is 3. The third-order valence-corrected chi connectivity index (χ3v) is 8.21. The Kier molecular flexibility index (Phi) is 3.92. The van der Waals surface area contributed by atoms with Crippen LogP contribution in [0.15, 0.2) is 36.8 Å². The largest absolute Gasteiger partial charge is 0.392 e. The number of carbonyl (C=O) groups is 1. The molecule has 2 aliphatic heterocycles. The van der Waals surface area contributed by atoms with Gasteiger partial charge in [0.2, 0.25) is 5.91 Å². The zero-order valence-corrected chi connectivity index (χ0v) is 16.8. The van der Waals surface area contributed by atoms with Gasteiger partial charge in [-0.15, -0.1) is 0 Å². The summed E-state index contributed by atoms with van der Waals surface area (Å²) in [6.07, 6.45) is 10.7. The molecular weight excluding hydrogens is 362 g/mol. The van der Waals surface area contributed by atoms with Crippen molar-refractivity contribution in [2.75, 3.05) is 13.1 Å². The summed E-state index contributed by atoms with van der Waals surface area (Å²) in [6, 6.07) is 8.74. The highest BCUT2D eigenvalue weighted by Gasteiger charge is 2.53. The molecular formula is C24H29N3O2. The van der Waals surface area contributed by atoms with Crippen LogP contribution in [-0.2, 0) is 4.79 Å². The van der Waals surface area contributed by atoms with Gasteiger partial charge in [-0.3, -0.25) is 4.79 Å². The van der Waals surface area contributed by atoms with E-state index in [2.05, 4.69) is 38.7 Å². The van der Waals surface area contributed by atoms with Gasteiger partial charge in [0.1, 0.15) is 0 Å². The van der Waals surface area contributed by atoms with Crippen LogP contribution in [0.4, 0.5) is 0 Å². The van der Waals surface area contributed by atoms with E-state index < -0.39 is 0 Å². The summed E-state index contributed by atoms with van der Waals surface area (Å²) in [4.78, 5) is 19.0. The number of hydrogen-bond donors (Lipinski definition) is 1. The van der Waals surface area contributed by atoms with Crippen molar-refractivity contribution in [2.24, 2.45) is 17.3 Å². The van der Waals surface area contributed by atoms with Crippen molar-refractivity contribution in [3.05, 3.63) is 42.4 Å². The zero-order chi connectivity index (χ0) is 19.6. The minimum atomic E-state index is -0.324. The van der Waals surface area contributed by atoms with Crippen LogP contribution >= 0.6 is 0 Å². The molecule has 2 saturated carbocycles. The van der Waals surface area contributed by atoms with Crippen molar-refractivity contribution in [3.63, 3.8) is 0 Å². The Hall–Kier alpha value is -2.14. The molecule has 0 radical (unpaired) electrons. The molecule has 1 N–H and O–H groups in total. The van der Waals surface area contributed by atoms with Crippen LogP contribution in [0.2, 0.25) is 0 Å². The Morgan fingerprint density at radius 1 is 1.14 bits per heavy atom. The van der Waals surface area contributed by atoms with E-state index in [9.17, 15) is 9.90 Å². The monoisotopic (exact) mass is 391 g/mol. The minimum Gasteiger partial charge on any atom is -0.392 e. The molecule has 1 spiro atoms. The molecule has 1 amide bonds. The van der Waals surface area contributed by atoms with Crippen molar-refractivity contribution < 1.29 is 9.90 Å². The predicted octanol–water partition coefficient (Wildman–Crippen LogP) is 3.63. The van der Waals surface area contributed by atoms with Gasteiger partial charge in [0.25, 0.3) is 0 Å². The summed E-state index contributed by atoms with van der Waals surface area (Å²) < 4.78 is 2.27. The molecule has 3 fully saturated rings. The number of aromatic nitrogens is 2. The molecule has 4 aliphatic rings. The molecule has 3 atom stereocenters. The highest BCUT2D eigenvalue weighted by Crippen LogP contribution is 2.55. The molecule has 1 saturated heterocycles.